The van der Waals surface area contributed by atoms with Gasteiger partial charge < -0.3 is 14.4 Å². The maximum Gasteiger partial charge on any atom is 0.253 e. The number of likely N-dealkylation sites (N-methyl/N-ethyl adjacent to an activating group) is 1. The number of fused-ring (bicyclic) bond motifs is 1. The molecule has 1 amide bonds. The lowest BCUT2D eigenvalue weighted by Crippen LogP contribution is -2.48. The van der Waals surface area contributed by atoms with E-state index in [-0.39, 0.29) is 5.91 Å². The summed E-state index contributed by atoms with van der Waals surface area (Å²) in [5.41, 5.74) is 7.37. The van der Waals surface area contributed by atoms with Crippen molar-refractivity contribution in [2.24, 2.45) is 0 Å². The summed E-state index contributed by atoms with van der Waals surface area (Å²) in [7, 11) is 0. The van der Waals surface area contributed by atoms with Gasteiger partial charge in [0.15, 0.2) is 0 Å². The van der Waals surface area contributed by atoms with Crippen LogP contribution in [-0.4, -0.2) is 53.0 Å². The van der Waals surface area contributed by atoms with E-state index in [0.717, 1.165) is 56.8 Å². The van der Waals surface area contributed by atoms with E-state index < -0.39 is 0 Å². The lowest BCUT2D eigenvalue weighted by atomic mass is 10.1. The van der Waals surface area contributed by atoms with E-state index in [9.17, 15) is 4.79 Å². The highest BCUT2D eigenvalue weighted by molar-refractivity contribution is 5.94. The molecule has 1 aliphatic heterocycles. The second kappa shape index (κ2) is 9.33. The lowest BCUT2D eigenvalue weighted by molar-refractivity contribution is 0.0643. The molecule has 1 saturated heterocycles. The minimum atomic E-state index is 0.155. The molecular formula is C28H33N3O. The third-order valence-corrected chi connectivity index (χ3v) is 7.10. The molecule has 0 atom stereocenters. The van der Waals surface area contributed by atoms with E-state index in [1.54, 1.807) is 0 Å². The summed E-state index contributed by atoms with van der Waals surface area (Å²) < 4.78 is 2.43. The molecule has 32 heavy (non-hydrogen) atoms. The highest BCUT2D eigenvalue weighted by Gasteiger charge is 2.22. The quantitative estimate of drug-likeness (QED) is 0.536. The molecule has 0 saturated carbocycles. The van der Waals surface area contributed by atoms with E-state index in [1.165, 1.54) is 41.8 Å². The van der Waals surface area contributed by atoms with Gasteiger partial charge in [0.2, 0.25) is 0 Å². The molecule has 1 aliphatic carbocycles. The van der Waals surface area contributed by atoms with Crippen LogP contribution in [0.5, 0.6) is 0 Å². The molecule has 4 nitrogen and oxygen atoms in total. The van der Waals surface area contributed by atoms with Crippen LogP contribution < -0.4 is 0 Å². The summed E-state index contributed by atoms with van der Waals surface area (Å²) in [6, 6.07) is 21.4. The third-order valence-electron chi connectivity index (χ3n) is 7.10. The van der Waals surface area contributed by atoms with Gasteiger partial charge in [-0.2, -0.15) is 0 Å². The van der Waals surface area contributed by atoms with Crippen molar-refractivity contribution in [3.8, 4) is 16.9 Å². The molecule has 2 heterocycles. The Hall–Kier alpha value is -2.85. The Kier molecular flexibility index (Phi) is 6.13. The summed E-state index contributed by atoms with van der Waals surface area (Å²) >= 11 is 0. The molecule has 0 N–H and O–H groups in total. The number of rotatable bonds is 4. The molecule has 0 unspecified atom stereocenters. The number of aromatic nitrogens is 1. The summed E-state index contributed by atoms with van der Waals surface area (Å²) in [4.78, 5) is 17.5. The van der Waals surface area contributed by atoms with Crippen LogP contribution in [0.2, 0.25) is 0 Å². The Morgan fingerprint density at radius 3 is 2.28 bits per heavy atom. The van der Waals surface area contributed by atoms with E-state index in [2.05, 4.69) is 64.9 Å². The van der Waals surface area contributed by atoms with Crippen LogP contribution in [0, 0.1) is 0 Å². The average molecular weight is 428 g/mol. The largest absolute Gasteiger partial charge is 0.336 e. The smallest absolute Gasteiger partial charge is 0.253 e. The van der Waals surface area contributed by atoms with Gasteiger partial charge in [-0.05, 0) is 73.7 Å². The van der Waals surface area contributed by atoms with Gasteiger partial charge in [0, 0.05) is 43.1 Å². The Bertz CT molecular complexity index is 1060. The monoisotopic (exact) mass is 427 g/mol. The van der Waals surface area contributed by atoms with Crippen molar-refractivity contribution in [2.75, 3.05) is 32.7 Å². The van der Waals surface area contributed by atoms with Gasteiger partial charge in [-0.15, -0.1) is 0 Å². The van der Waals surface area contributed by atoms with Crippen molar-refractivity contribution in [3.63, 3.8) is 0 Å². The molecule has 4 heteroatoms. The highest BCUT2D eigenvalue weighted by atomic mass is 16.2. The van der Waals surface area contributed by atoms with Crippen molar-refractivity contribution in [1.82, 2.24) is 14.4 Å². The zero-order valence-electron chi connectivity index (χ0n) is 19.1. The second-order valence-corrected chi connectivity index (χ2v) is 9.04. The van der Waals surface area contributed by atoms with Gasteiger partial charge in [-0.25, -0.2) is 0 Å². The number of nitrogens with zero attached hydrogens (tertiary/aromatic N) is 3. The Morgan fingerprint density at radius 2 is 1.56 bits per heavy atom. The summed E-state index contributed by atoms with van der Waals surface area (Å²) in [5.74, 6) is 0.155. The summed E-state index contributed by atoms with van der Waals surface area (Å²) in [6.07, 6.45) is 6.08. The van der Waals surface area contributed by atoms with Crippen LogP contribution in [0.25, 0.3) is 16.9 Å². The average Bonchev–Trinajstić information content (AvgIpc) is 3.06. The van der Waals surface area contributed by atoms with Crippen molar-refractivity contribution < 1.29 is 4.79 Å². The number of hydrogen-bond donors (Lipinski definition) is 0. The first-order valence-electron chi connectivity index (χ1n) is 12.2. The summed E-state index contributed by atoms with van der Waals surface area (Å²) in [6.45, 7) is 6.81. The predicted molar refractivity (Wildman–Crippen MR) is 130 cm³/mol. The van der Waals surface area contributed by atoms with Gasteiger partial charge in [0.05, 0.1) is 5.69 Å². The van der Waals surface area contributed by atoms with Gasteiger partial charge in [0.25, 0.3) is 5.91 Å². The van der Waals surface area contributed by atoms with Crippen LogP contribution in [-0.2, 0) is 12.8 Å². The second-order valence-electron chi connectivity index (χ2n) is 9.04. The first kappa shape index (κ1) is 21.0. The summed E-state index contributed by atoms with van der Waals surface area (Å²) in [5, 5.41) is 0. The van der Waals surface area contributed by atoms with Crippen molar-refractivity contribution in [1.29, 1.82) is 0 Å². The zero-order valence-corrected chi connectivity index (χ0v) is 19.1. The van der Waals surface area contributed by atoms with E-state index in [0.29, 0.717) is 0 Å². The predicted octanol–water partition coefficient (Wildman–Crippen LogP) is 5.19. The normalized spacial score (nSPS) is 17.1. The molecular weight excluding hydrogens is 394 g/mol. The van der Waals surface area contributed by atoms with Crippen molar-refractivity contribution in [3.05, 3.63) is 77.5 Å². The Morgan fingerprint density at radius 1 is 0.844 bits per heavy atom. The SMILES string of the molecule is CCN1CCN(C(=O)c2ccc(-n3c(-c4ccccc4)cc4c3CCCCC4)cc2)CC1. The Balaban J connectivity index is 1.46. The maximum atomic E-state index is 13.1. The molecule has 1 aromatic heterocycles. The van der Waals surface area contributed by atoms with E-state index >= 15 is 0 Å². The fourth-order valence-electron chi connectivity index (χ4n) is 5.19. The number of benzene rings is 2. The number of aryl methyl sites for hydroxylation is 1. The fourth-order valence-corrected chi connectivity index (χ4v) is 5.19. The molecule has 0 bridgehead atoms. The third kappa shape index (κ3) is 4.12. The van der Waals surface area contributed by atoms with Crippen LogP contribution in [0.1, 0.15) is 47.8 Å². The molecule has 0 spiro atoms. The first-order chi connectivity index (χ1) is 15.7. The van der Waals surface area contributed by atoms with Crippen LogP contribution >= 0.6 is 0 Å². The maximum absolute atomic E-state index is 13.1. The number of amides is 1. The zero-order chi connectivity index (χ0) is 21.9. The molecule has 5 rings (SSSR count). The minimum absolute atomic E-state index is 0.155. The van der Waals surface area contributed by atoms with Crippen LogP contribution in [0.15, 0.2) is 60.7 Å². The molecule has 2 aliphatic rings. The fraction of sp³-hybridized carbons (Fsp3) is 0.393. The number of hydrogen-bond acceptors (Lipinski definition) is 2. The highest BCUT2D eigenvalue weighted by Crippen LogP contribution is 2.33. The van der Waals surface area contributed by atoms with Gasteiger partial charge in [-0.3, -0.25) is 4.79 Å². The lowest BCUT2D eigenvalue weighted by Gasteiger charge is -2.34. The minimum Gasteiger partial charge on any atom is -0.336 e. The van der Waals surface area contributed by atoms with Crippen molar-refractivity contribution >= 4 is 5.91 Å². The first-order valence-corrected chi connectivity index (χ1v) is 12.2. The topological polar surface area (TPSA) is 28.5 Å². The van der Waals surface area contributed by atoms with Crippen molar-refractivity contribution in [2.45, 2.75) is 39.0 Å². The number of carbonyl (C=O) groups is 1. The van der Waals surface area contributed by atoms with Crippen LogP contribution in [0.3, 0.4) is 0 Å². The molecule has 1 fully saturated rings. The van der Waals surface area contributed by atoms with Gasteiger partial charge >= 0.3 is 0 Å². The number of piperazine rings is 1. The van der Waals surface area contributed by atoms with E-state index in [4.69, 9.17) is 0 Å². The standard InChI is InChI=1S/C28H33N3O/c1-2-29-17-19-30(20-18-29)28(32)23-13-15-25(16-14-23)31-26-12-8-4-7-11-24(26)21-27(31)22-9-5-3-6-10-22/h3,5-6,9-10,13-16,21H,2,4,7-8,11-12,17-20H2,1H3. The van der Waals surface area contributed by atoms with Gasteiger partial charge in [-0.1, -0.05) is 43.7 Å². The van der Waals surface area contributed by atoms with Crippen LogP contribution in [0.4, 0.5) is 0 Å². The molecule has 3 aromatic rings. The Labute approximate surface area is 191 Å². The molecule has 2 aromatic carbocycles. The molecule has 166 valence electrons. The van der Waals surface area contributed by atoms with E-state index in [1.807, 2.05) is 17.0 Å². The number of carbonyl (C=O) groups excluding carboxylic acids is 1. The van der Waals surface area contributed by atoms with Gasteiger partial charge in [0.1, 0.15) is 0 Å². The molecule has 0 radical (unpaired) electrons.